The minimum atomic E-state index is -1.01. The Morgan fingerprint density at radius 3 is 2.81 bits per heavy atom. The molecule has 6 nitrogen and oxygen atoms in total. The van der Waals surface area contributed by atoms with E-state index in [9.17, 15) is 9.90 Å². The fourth-order valence-corrected chi connectivity index (χ4v) is 1.95. The van der Waals surface area contributed by atoms with Gasteiger partial charge in [-0.1, -0.05) is 6.07 Å². The Hall–Kier alpha value is -2.50. The molecule has 0 saturated carbocycles. The number of aromatic carboxylic acids is 1. The summed E-state index contributed by atoms with van der Waals surface area (Å²) in [5.41, 5.74) is 2.80. The fourth-order valence-electron chi connectivity index (χ4n) is 1.95. The van der Waals surface area contributed by atoms with Crippen LogP contribution in [0.25, 0.3) is 0 Å². The third-order valence-electron chi connectivity index (χ3n) is 3.00. The van der Waals surface area contributed by atoms with E-state index in [4.69, 9.17) is 4.74 Å². The van der Waals surface area contributed by atoms with Crippen molar-refractivity contribution in [1.29, 1.82) is 0 Å². The van der Waals surface area contributed by atoms with Gasteiger partial charge < -0.3 is 15.2 Å². The molecule has 3 N–H and O–H groups in total. The van der Waals surface area contributed by atoms with E-state index in [1.807, 2.05) is 20.8 Å². The molecule has 0 bridgehead atoms. The van der Waals surface area contributed by atoms with Gasteiger partial charge in [0.15, 0.2) is 5.75 Å². The molecular weight excluding hydrogens is 270 g/mol. The Labute approximate surface area is 123 Å². The number of ether oxygens (including phenoxy) is 1. The summed E-state index contributed by atoms with van der Waals surface area (Å²) in [4.78, 5) is 11.3. The number of aromatic amines is 1. The third-order valence-corrected chi connectivity index (χ3v) is 3.00. The molecule has 0 atom stereocenters. The van der Waals surface area contributed by atoms with Crippen LogP contribution in [0.15, 0.2) is 24.4 Å². The van der Waals surface area contributed by atoms with Crippen molar-refractivity contribution in [2.45, 2.75) is 33.4 Å². The SMILES string of the molecule is Cc1[nH]ncc1CNc1cccc(C(=O)O)c1OC(C)C. The number of para-hydroxylation sites is 1. The standard InChI is InChI=1S/C15H19N3O3/c1-9(2)21-14-12(15(19)20)5-4-6-13(14)16-7-11-8-17-18-10(11)3/h4-6,8-9,16H,7H2,1-3H3,(H,17,18)(H,19,20). The first kappa shape index (κ1) is 14.9. The summed E-state index contributed by atoms with van der Waals surface area (Å²) >= 11 is 0. The molecule has 0 aliphatic rings. The van der Waals surface area contributed by atoms with Crippen LogP contribution in [0, 0.1) is 6.92 Å². The monoisotopic (exact) mass is 289 g/mol. The van der Waals surface area contributed by atoms with E-state index < -0.39 is 5.97 Å². The van der Waals surface area contributed by atoms with Crippen molar-refractivity contribution in [1.82, 2.24) is 10.2 Å². The Morgan fingerprint density at radius 2 is 2.24 bits per heavy atom. The van der Waals surface area contributed by atoms with Crippen LogP contribution in [0.2, 0.25) is 0 Å². The van der Waals surface area contributed by atoms with Crippen LogP contribution in [-0.2, 0) is 6.54 Å². The maximum Gasteiger partial charge on any atom is 0.339 e. The van der Waals surface area contributed by atoms with Gasteiger partial charge in [0, 0.05) is 17.8 Å². The van der Waals surface area contributed by atoms with E-state index in [2.05, 4.69) is 15.5 Å². The summed E-state index contributed by atoms with van der Waals surface area (Å²) in [7, 11) is 0. The van der Waals surface area contributed by atoms with Gasteiger partial charge in [0.05, 0.1) is 18.0 Å². The Balaban J connectivity index is 2.27. The van der Waals surface area contributed by atoms with Gasteiger partial charge in [-0.3, -0.25) is 5.10 Å². The highest BCUT2D eigenvalue weighted by Gasteiger charge is 2.16. The summed E-state index contributed by atoms with van der Waals surface area (Å²) in [6.07, 6.45) is 1.63. The van der Waals surface area contributed by atoms with Crippen LogP contribution in [0.3, 0.4) is 0 Å². The lowest BCUT2D eigenvalue weighted by molar-refractivity contribution is 0.0690. The minimum absolute atomic E-state index is 0.110. The average molecular weight is 289 g/mol. The number of carboxylic acids is 1. The van der Waals surface area contributed by atoms with E-state index in [1.54, 1.807) is 18.3 Å². The number of anilines is 1. The molecule has 0 spiro atoms. The van der Waals surface area contributed by atoms with Crippen LogP contribution in [0.1, 0.15) is 35.5 Å². The molecule has 1 aromatic heterocycles. The van der Waals surface area contributed by atoms with Crippen molar-refractivity contribution in [3.05, 3.63) is 41.2 Å². The molecule has 112 valence electrons. The lowest BCUT2D eigenvalue weighted by Crippen LogP contribution is -2.12. The number of carbonyl (C=O) groups is 1. The number of rotatable bonds is 6. The fraction of sp³-hybridized carbons (Fsp3) is 0.333. The maximum absolute atomic E-state index is 11.3. The first-order valence-corrected chi connectivity index (χ1v) is 6.74. The topological polar surface area (TPSA) is 87.2 Å². The number of hydrogen-bond acceptors (Lipinski definition) is 4. The van der Waals surface area contributed by atoms with Crippen LogP contribution >= 0.6 is 0 Å². The van der Waals surface area contributed by atoms with Gasteiger partial charge in [0.1, 0.15) is 5.56 Å². The van der Waals surface area contributed by atoms with Crippen molar-refractivity contribution >= 4 is 11.7 Å². The summed E-state index contributed by atoms with van der Waals surface area (Å²) in [5.74, 6) is -0.644. The highest BCUT2D eigenvalue weighted by Crippen LogP contribution is 2.30. The quantitative estimate of drug-likeness (QED) is 0.761. The number of aryl methyl sites for hydroxylation is 1. The molecule has 0 aliphatic carbocycles. The van der Waals surface area contributed by atoms with Crippen LogP contribution < -0.4 is 10.1 Å². The average Bonchev–Trinajstić information content (AvgIpc) is 2.82. The third kappa shape index (κ3) is 3.53. The smallest absolute Gasteiger partial charge is 0.339 e. The largest absolute Gasteiger partial charge is 0.488 e. The molecule has 0 radical (unpaired) electrons. The first-order chi connectivity index (χ1) is 9.99. The number of nitrogens with one attached hydrogen (secondary N) is 2. The summed E-state index contributed by atoms with van der Waals surface area (Å²) in [5, 5.41) is 19.3. The number of aromatic nitrogens is 2. The van der Waals surface area contributed by atoms with E-state index in [0.29, 0.717) is 18.0 Å². The van der Waals surface area contributed by atoms with E-state index >= 15 is 0 Å². The highest BCUT2D eigenvalue weighted by atomic mass is 16.5. The molecule has 0 aliphatic heterocycles. The van der Waals surface area contributed by atoms with Gasteiger partial charge in [0.25, 0.3) is 0 Å². The van der Waals surface area contributed by atoms with Crippen LogP contribution in [-0.4, -0.2) is 27.4 Å². The summed E-state index contributed by atoms with van der Waals surface area (Å²) in [6.45, 7) is 6.20. The van der Waals surface area contributed by atoms with E-state index in [1.165, 1.54) is 6.07 Å². The summed E-state index contributed by atoms with van der Waals surface area (Å²) in [6, 6.07) is 5.04. The lowest BCUT2D eigenvalue weighted by Gasteiger charge is -2.17. The molecule has 1 heterocycles. The predicted molar refractivity (Wildman–Crippen MR) is 79.8 cm³/mol. The van der Waals surface area contributed by atoms with Gasteiger partial charge in [-0.25, -0.2) is 4.79 Å². The number of H-pyrrole nitrogens is 1. The molecular formula is C15H19N3O3. The van der Waals surface area contributed by atoms with Crippen LogP contribution in [0.5, 0.6) is 5.75 Å². The predicted octanol–water partition coefficient (Wildman–Crippen LogP) is 2.82. The second-order valence-electron chi connectivity index (χ2n) is 5.03. The first-order valence-electron chi connectivity index (χ1n) is 6.74. The zero-order valence-corrected chi connectivity index (χ0v) is 12.3. The summed E-state index contributed by atoms with van der Waals surface area (Å²) < 4.78 is 5.67. The van der Waals surface area contributed by atoms with Crippen molar-refractivity contribution < 1.29 is 14.6 Å². The number of hydrogen-bond donors (Lipinski definition) is 3. The zero-order valence-electron chi connectivity index (χ0n) is 12.3. The second kappa shape index (κ2) is 6.30. The maximum atomic E-state index is 11.3. The van der Waals surface area contributed by atoms with Crippen molar-refractivity contribution in [2.75, 3.05) is 5.32 Å². The Bertz CT molecular complexity index is 635. The molecule has 2 rings (SSSR count). The number of nitrogens with zero attached hydrogens (tertiary/aromatic N) is 1. The molecule has 1 aromatic carbocycles. The molecule has 6 heteroatoms. The molecule has 0 unspecified atom stereocenters. The Morgan fingerprint density at radius 1 is 1.48 bits per heavy atom. The zero-order chi connectivity index (χ0) is 15.4. The van der Waals surface area contributed by atoms with E-state index in [0.717, 1.165) is 11.3 Å². The normalized spacial score (nSPS) is 10.7. The molecule has 21 heavy (non-hydrogen) atoms. The molecule has 2 aromatic rings. The van der Waals surface area contributed by atoms with Crippen molar-refractivity contribution in [2.24, 2.45) is 0 Å². The highest BCUT2D eigenvalue weighted by molar-refractivity contribution is 5.93. The van der Waals surface area contributed by atoms with Gasteiger partial charge in [-0.05, 0) is 32.9 Å². The molecule has 0 fully saturated rings. The number of carboxylic acid groups (broad SMARTS) is 1. The van der Waals surface area contributed by atoms with E-state index in [-0.39, 0.29) is 11.7 Å². The van der Waals surface area contributed by atoms with Gasteiger partial charge in [0.2, 0.25) is 0 Å². The Kier molecular flexibility index (Phi) is 4.47. The van der Waals surface area contributed by atoms with Gasteiger partial charge >= 0.3 is 5.97 Å². The van der Waals surface area contributed by atoms with Gasteiger partial charge in [-0.2, -0.15) is 5.10 Å². The van der Waals surface area contributed by atoms with Crippen molar-refractivity contribution in [3.8, 4) is 5.75 Å². The minimum Gasteiger partial charge on any atom is -0.488 e. The molecule has 0 saturated heterocycles. The second-order valence-corrected chi connectivity index (χ2v) is 5.03. The number of benzene rings is 1. The lowest BCUT2D eigenvalue weighted by atomic mass is 10.1. The molecule has 0 amide bonds. The van der Waals surface area contributed by atoms with Crippen LogP contribution in [0.4, 0.5) is 5.69 Å². The van der Waals surface area contributed by atoms with Gasteiger partial charge in [-0.15, -0.1) is 0 Å². The van der Waals surface area contributed by atoms with Crippen molar-refractivity contribution in [3.63, 3.8) is 0 Å².